The molecule has 21 heavy (non-hydrogen) atoms. The normalized spacial score (nSPS) is 10.2. The van der Waals surface area contributed by atoms with Gasteiger partial charge < -0.3 is 9.47 Å². The number of nitrogens with zero attached hydrogens (tertiary/aromatic N) is 1. The van der Waals surface area contributed by atoms with Gasteiger partial charge in [0.2, 0.25) is 0 Å². The zero-order chi connectivity index (χ0) is 15.4. The van der Waals surface area contributed by atoms with Crippen LogP contribution in [0.2, 0.25) is 0 Å². The van der Waals surface area contributed by atoms with Crippen molar-refractivity contribution in [1.29, 1.82) is 0 Å². The molecule has 0 atom stereocenters. The SMILES string of the molecule is COc1ccc(COc2cc(F)cc(Br)c2)cc1[N+](=O)[O-]. The second-order valence-electron chi connectivity index (χ2n) is 4.16. The maximum atomic E-state index is 13.2. The summed E-state index contributed by atoms with van der Waals surface area (Å²) in [6.07, 6.45) is 0. The zero-order valence-corrected chi connectivity index (χ0v) is 12.6. The number of halogens is 2. The highest BCUT2D eigenvalue weighted by molar-refractivity contribution is 9.10. The standard InChI is InChI=1S/C14H11BrFNO4/c1-20-14-3-2-9(4-13(14)17(18)19)8-21-12-6-10(15)5-11(16)7-12/h2-7H,8H2,1H3. The summed E-state index contributed by atoms with van der Waals surface area (Å²) in [5.74, 6) is 0.0812. The Labute approximate surface area is 128 Å². The van der Waals surface area contributed by atoms with E-state index in [-0.39, 0.29) is 18.0 Å². The molecule has 0 unspecified atom stereocenters. The highest BCUT2D eigenvalue weighted by Crippen LogP contribution is 2.28. The van der Waals surface area contributed by atoms with Crippen LogP contribution < -0.4 is 9.47 Å². The van der Waals surface area contributed by atoms with Crippen LogP contribution in [0.1, 0.15) is 5.56 Å². The van der Waals surface area contributed by atoms with Crippen molar-refractivity contribution >= 4 is 21.6 Å². The molecule has 0 spiro atoms. The Morgan fingerprint density at radius 3 is 2.67 bits per heavy atom. The Kier molecular flexibility index (Phi) is 4.74. The predicted octanol–water partition coefficient (Wildman–Crippen LogP) is 4.08. The monoisotopic (exact) mass is 355 g/mol. The van der Waals surface area contributed by atoms with E-state index in [1.165, 1.54) is 31.4 Å². The van der Waals surface area contributed by atoms with Crippen LogP contribution in [0.4, 0.5) is 10.1 Å². The van der Waals surface area contributed by atoms with Crippen LogP contribution in [-0.2, 0) is 6.61 Å². The average Bonchev–Trinajstić information content (AvgIpc) is 2.43. The third-order valence-corrected chi connectivity index (χ3v) is 3.14. The molecule has 0 saturated carbocycles. The molecule has 2 aromatic rings. The van der Waals surface area contributed by atoms with Crippen molar-refractivity contribution in [3.8, 4) is 11.5 Å². The van der Waals surface area contributed by atoms with Crippen LogP contribution in [0.3, 0.4) is 0 Å². The van der Waals surface area contributed by atoms with Gasteiger partial charge in [0.25, 0.3) is 0 Å². The van der Waals surface area contributed by atoms with Crippen LogP contribution in [0.25, 0.3) is 0 Å². The highest BCUT2D eigenvalue weighted by atomic mass is 79.9. The lowest BCUT2D eigenvalue weighted by atomic mass is 10.2. The van der Waals surface area contributed by atoms with E-state index in [9.17, 15) is 14.5 Å². The first-order valence-electron chi connectivity index (χ1n) is 5.90. The fraction of sp³-hybridized carbons (Fsp3) is 0.143. The number of rotatable bonds is 5. The Morgan fingerprint density at radius 1 is 1.29 bits per heavy atom. The molecule has 0 radical (unpaired) electrons. The summed E-state index contributed by atoms with van der Waals surface area (Å²) < 4.78 is 24.1. The maximum Gasteiger partial charge on any atom is 0.311 e. The third-order valence-electron chi connectivity index (χ3n) is 2.68. The van der Waals surface area contributed by atoms with E-state index in [0.717, 1.165) is 0 Å². The molecule has 0 heterocycles. The summed E-state index contributed by atoms with van der Waals surface area (Å²) in [5, 5.41) is 10.9. The van der Waals surface area contributed by atoms with Crippen LogP contribution in [-0.4, -0.2) is 12.0 Å². The lowest BCUT2D eigenvalue weighted by Crippen LogP contribution is -1.99. The Balaban J connectivity index is 2.16. The minimum atomic E-state index is -0.527. The van der Waals surface area contributed by atoms with Gasteiger partial charge in [-0.05, 0) is 23.8 Å². The molecule has 0 aliphatic rings. The van der Waals surface area contributed by atoms with Crippen LogP contribution >= 0.6 is 15.9 Å². The van der Waals surface area contributed by atoms with E-state index in [4.69, 9.17) is 9.47 Å². The minimum Gasteiger partial charge on any atom is -0.490 e. The van der Waals surface area contributed by atoms with Gasteiger partial charge in [-0.3, -0.25) is 10.1 Å². The van der Waals surface area contributed by atoms with Crippen LogP contribution in [0, 0.1) is 15.9 Å². The van der Waals surface area contributed by atoms with Gasteiger partial charge in [0.15, 0.2) is 5.75 Å². The third kappa shape index (κ3) is 3.91. The molecule has 0 amide bonds. The number of methoxy groups -OCH3 is 1. The molecular formula is C14H11BrFNO4. The minimum absolute atomic E-state index is 0.0841. The van der Waals surface area contributed by atoms with Crippen molar-refractivity contribution in [1.82, 2.24) is 0 Å². The second kappa shape index (κ2) is 6.53. The Hall–Kier alpha value is -2.15. The van der Waals surface area contributed by atoms with Crippen molar-refractivity contribution in [2.45, 2.75) is 6.61 Å². The smallest absolute Gasteiger partial charge is 0.311 e. The van der Waals surface area contributed by atoms with E-state index in [0.29, 0.717) is 15.8 Å². The largest absolute Gasteiger partial charge is 0.490 e. The summed E-state index contributed by atoms with van der Waals surface area (Å²) >= 11 is 3.16. The number of hydrogen-bond acceptors (Lipinski definition) is 4. The molecular weight excluding hydrogens is 345 g/mol. The van der Waals surface area contributed by atoms with Crippen molar-refractivity contribution < 1.29 is 18.8 Å². The molecule has 5 nitrogen and oxygen atoms in total. The van der Waals surface area contributed by atoms with E-state index in [1.54, 1.807) is 12.1 Å². The van der Waals surface area contributed by atoms with Gasteiger partial charge in [-0.25, -0.2) is 4.39 Å². The molecule has 2 rings (SSSR count). The van der Waals surface area contributed by atoms with Gasteiger partial charge in [0.05, 0.1) is 12.0 Å². The molecule has 0 aliphatic heterocycles. The molecule has 2 aromatic carbocycles. The first-order valence-corrected chi connectivity index (χ1v) is 6.69. The van der Waals surface area contributed by atoms with Crippen molar-refractivity contribution in [2.75, 3.05) is 7.11 Å². The van der Waals surface area contributed by atoms with Crippen LogP contribution in [0.5, 0.6) is 11.5 Å². The predicted molar refractivity (Wildman–Crippen MR) is 78.1 cm³/mol. The molecule has 7 heteroatoms. The van der Waals surface area contributed by atoms with E-state index in [1.807, 2.05) is 0 Å². The van der Waals surface area contributed by atoms with E-state index < -0.39 is 10.7 Å². The molecule has 0 fully saturated rings. The first-order chi connectivity index (χ1) is 9.99. The summed E-state index contributed by atoms with van der Waals surface area (Å²) in [5.41, 5.74) is 0.446. The number of hydrogen-bond donors (Lipinski definition) is 0. The molecule has 0 saturated heterocycles. The van der Waals surface area contributed by atoms with Crippen molar-refractivity contribution in [2.24, 2.45) is 0 Å². The van der Waals surface area contributed by atoms with Crippen molar-refractivity contribution in [3.63, 3.8) is 0 Å². The summed E-state index contributed by atoms with van der Waals surface area (Å²) in [6, 6.07) is 8.68. The van der Waals surface area contributed by atoms with Crippen molar-refractivity contribution in [3.05, 3.63) is 62.4 Å². The zero-order valence-electron chi connectivity index (χ0n) is 11.0. The van der Waals surface area contributed by atoms with E-state index >= 15 is 0 Å². The van der Waals surface area contributed by atoms with E-state index in [2.05, 4.69) is 15.9 Å². The number of nitro groups is 1. The van der Waals surface area contributed by atoms with Gasteiger partial charge in [-0.15, -0.1) is 0 Å². The molecule has 0 N–H and O–H groups in total. The van der Waals surface area contributed by atoms with Gasteiger partial charge in [-0.1, -0.05) is 22.0 Å². The summed E-state index contributed by atoms with van der Waals surface area (Å²) in [4.78, 5) is 10.4. The average molecular weight is 356 g/mol. The topological polar surface area (TPSA) is 61.6 Å². The van der Waals surface area contributed by atoms with Gasteiger partial charge in [-0.2, -0.15) is 0 Å². The Bertz CT molecular complexity index is 658. The molecule has 110 valence electrons. The quantitative estimate of drug-likeness (QED) is 0.598. The van der Waals surface area contributed by atoms with Crippen LogP contribution in [0.15, 0.2) is 40.9 Å². The molecule has 0 bridgehead atoms. The number of nitro benzene ring substituents is 1. The van der Waals surface area contributed by atoms with Gasteiger partial charge >= 0.3 is 5.69 Å². The lowest BCUT2D eigenvalue weighted by molar-refractivity contribution is -0.385. The fourth-order valence-electron chi connectivity index (χ4n) is 1.75. The molecule has 0 aliphatic carbocycles. The fourth-order valence-corrected chi connectivity index (χ4v) is 2.19. The number of ether oxygens (including phenoxy) is 2. The Morgan fingerprint density at radius 2 is 2.05 bits per heavy atom. The van der Waals surface area contributed by atoms with Gasteiger partial charge in [0, 0.05) is 16.6 Å². The summed E-state index contributed by atoms with van der Waals surface area (Å²) in [6.45, 7) is 0.0841. The number of benzene rings is 2. The second-order valence-corrected chi connectivity index (χ2v) is 5.07. The molecule has 0 aromatic heterocycles. The highest BCUT2D eigenvalue weighted by Gasteiger charge is 2.15. The van der Waals surface area contributed by atoms with Gasteiger partial charge in [0.1, 0.15) is 18.2 Å². The summed E-state index contributed by atoms with van der Waals surface area (Å²) in [7, 11) is 1.36. The maximum absolute atomic E-state index is 13.2. The first kappa shape index (κ1) is 15.2. The lowest BCUT2D eigenvalue weighted by Gasteiger charge is -2.08.